The highest BCUT2D eigenvalue weighted by molar-refractivity contribution is 8.00. The molecule has 0 amide bonds. The van der Waals surface area contributed by atoms with Crippen LogP contribution in [0.3, 0.4) is 0 Å². The summed E-state index contributed by atoms with van der Waals surface area (Å²) in [7, 11) is 1.45. The minimum absolute atomic E-state index is 0.112. The van der Waals surface area contributed by atoms with Gasteiger partial charge in [-0.15, -0.1) is 0 Å². The van der Waals surface area contributed by atoms with Crippen molar-refractivity contribution < 1.29 is 9.53 Å². The summed E-state index contributed by atoms with van der Waals surface area (Å²) in [5.41, 5.74) is 0. The second kappa shape index (κ2) is 6.38. The second-order valence-electron chi connectivity index (χ2n) is 3.92. The average Bonchev–Trinajstić information content (AvgIpc) is 2.28. The van der Waals surface area contributed by atoms with Crippen LogP contribution < -0.4 is 5.32 Å². The number of thioether (sulfide) groups is 1. The largest absolute Gasteiger partial charge is 0.468 e. The highest BCUT2D eigenvalue weighted by atomic mass is 32.2. The highest BCUT2D eigenvalue weighted by Gasteiger charge is 2.32. The molecule has 0 aromatic rings. The fourth-order valence-corrected chi connectivity index (χ4v) is 3.37. The van der Waals surface area contributed by atoms with Crippen molar-refractivity contribution in [1.29, 1.82) is 0 Å². The van der Waals surface area contributed by atoms with Gasteiger partial charge in [0.1, 0.15) is 6.04 Å². The normalized spacial score (nSPS) is 31.3. The van der Waals surface area contributed by atoms with E-state index in [0.717, 1.165) is 25.0 Å². The SMILES string of the molecule is CCCC1NC(C(=O)OC)CSC1CC. The van der Waals surface area contributed by atoms with Gasteiger partial charge in [0.05, 0.1) is 7.11 Å². The number of esters is 1. The standard InChI is InChI=1S/C11H21NO2S/c1-4-6-8-10(5-2)15-7-9(12-8)11(13)14-3/h8-10,12H,4-7H2,1-3H3. The number of methoxy groups -OCH3 is 1. The molecule has 1 aliphatic rings. The summed E-state index contributed by atoms with van der Waals surface area (Å²) in [5, 5.41) is 4.06. The zero-order valence-corrected chi connectivity index (χ0v) is 10.6. The van der Waals surface area contributed by atoms with Crippen LogP contribution in [0.2, 0.25) is 0 Å². The third-order valence-corrected chi connectivity index (χ3v) is 4.44. The van der Waals surface area contributed by atoms with Crippen molar-refractivity contribution in [2.24, 2.45) is 0 Å². The first-order valence-corrected chi connectivity index (χ1v) is 6.73. The van der Waals surface area contributed by atoms with E-state index >= 15 is 0 Å². The van der Waals surface area contributed by atoms with Crippen LogP contribution in [0.15, 0.2) is 0 Å². The monoisotopic (exact) mass is 231 g/mol. The van der Waals surface area contributed by atoms with E-state index in [1.807, 2.05) is 11.8 Å². The molecule has 1 heterocycles. The number of hydrogen-bond acceptors (Lipinski definition) is 4. The lowest BCUT2D eigenvalue weighted by Gasteiger charge is -2.35. The number of carbonyl (C=O) groups is 1. The number of nitrogens with one attached hydrogen (secondary N) is 1. The molecule has 1 rings (SSSR count). The molecule has 3 unspecified atom stereocenters. The molecule has 0 saturated carbocycles. The Hall–Kier alpha value is -0.220. The van der Waals surface area contributed by atoms with Crippen LogP contribution in [0.25, 0.3) is 0 Å². The van der Waals surface area contributed by atoms with Gasteiger partial charge in [-0.25, -0.2) is 0 Å². The zero-order valence-electron chi connectivity index (χ0n) is 9.79. The third kappa shape index (κ3) is 3.38. The van der Waals surface area contributed by atoms with Crippen LogP contribution in [0.1, 0.15) is 33.1 Å². The number of carbonyl (C=O) groups excluding carboxylic acids is 1. The molecular weight excluding hydrogens is 210 g/mol. The molecule has 1 N–H and O–H groups in total. The van der Waals surface area contributed by atoms with Crippen LogP contribution >= 0.6 is 11.8 Å². The van der Waals surface area contributed by atoms with Crippen molar-refractivity contribution in [2.75, 3.05) is 12.9 Å². The maximum atomic E-state index is 11.4. The van der Waals surface area contributed by atoms with Crippen molar-refractivity contribution in [3.8, 4) is 0 Å². The van der Waals surface area contributed by atoms with E-state index < -0.39 is 0 Å². The molecule has 88 valence electrons. The smallest absolute Gasteiger partial charge is 0.323 e. The summed E-state index contributed by atoms with van der Waals surface area (Å²) in [6, 6.07) is 0.349. The van der Waals surface area contributed by atoms with Crippen molar-refractivity contribution in [1.82, 2.24) is 5.32 Å². The fraction of sp³-hybridized carbons (Fsp3) is 0.909. The highest BCUT2D eigenvalue weighted by Crippen LogP contribution is 2.27. The summed E-state index contributed by atoms with van der Waals surface area (Å²) in [6.07, 6.45) is 3.46. The first kappa shape index (κ1) is 12.8. The molecule has 1 saturated heterocycles. The minimum atomic E-state index is -0.127. The van der Waals surface area contributed by atoms with E-state index in [1.165, 1.54) is 7.11 Å². The summed E-state index contributed by atoms with van der Waals surface area (Å²) < 4.78 is 4.77. The van der Waals surface area contributed by atoms with Crippen molar-refractivity contribution in [3.05, 3.63) is 0 Å². The Balaban J connectivity index is 2.53. The molecule has 0 aromatic heterocycles. The minimum Gasteiger partial charge on any atom is -0.468 e. The molecule has 0 bridgehead atoms. The summed E-state index contributed by atoms with van der Waals surface area (Å²) in [5.74, 6) is 0.712. The Labute approximate surface area is 96.3 Å². The number of hydrogen-bond donors (Lipinski definition) is 1. The Bertz CT molecular complexity index is 211. The molecule has 15 heavy (non-hydrogen) atoms. The van der Waals surface area contributed by atoms with Gasteiger partial charge in [-0.2, -0.15) is 11.8 Å². The molecule has 1 aliphatic heterocycles. The number of ether oxygens (including phenoxy) is 1. The van der Waals surface area contributed by atoms with Gasteiger partial charge in [0.25, 0.3) is 0 Å². The van der Waals surface area contributed by atoms with Gasteiger partial charge in [0.15, 0.2) is 0 Å². The van der Waals surface area contributed by atoms with Crippen LogP contribution in [0, 0.1) is 0 Å². The summed E-state index contributed by atoms with van der Waals surface area (Å²) >= 11 is 1.90. The molecule has 0 aromatic carbocycles. The van der Waals surface area contributed by atoms with Gasteiger partial charge < -0.3 is 4.74 Å². The predicted molar refractivity (Wildman–Crippen MR) is 64.2 cm³/mol. The Morgan fingerprint density at radius 3 is 2.80 bits per heavy atom. The van der Waals surface area contributed by atoms with E-state index in [9.17, 15) is 4.79 Å². The molecule has 3 atom stereocenters. The van der Waals surface area contributed by atoms with E-state index in [-0.39, 0.29) is 12.0 Å². The molecule has 4 heteroatoms. The lowest BCUT2D eigenvalue weighted by atomic mass is 10.0. The fourth-order valence-electron chi connectivity index (χ4n) is 2.01. The van der Waals surface area contributed by atoms with E-state index in [0.29, 0.717) is 11.3 Å². The van der Waals surface area contributed by atoms with Gasteiger partial charge >= 0.3 is 5.97 Å². The van der Waals surface area contributed by atoms with Gasteiger partial charge in [0, 0.05) is 17.0 Å². The Morgan fingerprint density at radius 1 is 1.53 bits per heavy atom. The predicted octanol–water partition coefficient (Wildman–Crippen LogP) is 1.81. The zero-order chi connectivity index (χ0) is 11.3. The number of rotatable bonds is 4. The van der Waals surface area contributed by atoms with Crippen molar-refractivity contribution in [2.45, 2.75) is 50.4 Å². The maximum Gasteiger partial charge on any atom is 0.323 e. The quantitative estimate of drug-likeness (QED) is 0.749. The average molecular weight is 231 g/mol. The first-order valence-electron chi connectivity index (χ1n) is 5.68. The first-order chi connectivity index (χ1) is 7.22. The Kier molecular flexibility index (Phi) is 5.47. The van der Waals surface area contributed by atoms with Crippen LogP contribution in [-0.2, 0) is 9.53 Å². The van der Waals surface area contributed by atoms with E-state index in [1.54, 1.807) is 0 Å². The van der Waals surface area contributed by atoms with Gasteiger partial charge in [0.2, 0.25) is 0 Å². The maximum absolute atomic E-state index is 11.4. The summed E-state index contributed by atoms with van der Waals surface area (Å²) in [6.45, 7) is 4.39. The molecule has 0 aliphatic carbocycles. The van der Waals surface area contributed by atoms with Gasteiger partial charge in [-0.05, 0) is 12.8 Å². The molecule has 0 radical (unpaired) electrons. The van der Waals surface area contributed by atoms with Gasteiger partial charge in [-0.3, -0.25) is 10.1 Å². The van der Waals surface area contributed by atoms with Crippen molar-refractivity contribution in [3.63, 3.8) is 0 Å². The van der Waals surface area contributed by atoms with Crippen LogP contribution in [0.4, 0.5) is 0 Å². The van der Waals surface area contributed by atoms with E-state index in [4.69, 9.17) is 4.74 Å². The third-order valence-electron chi connectivity index (χ3n) is 2.83. The second-order valence-corrected chi connectivity index (χ2v) is 5.19. The lowest BCUT2D eigenvalue weighted by molar-refractivity contribution is -0.142. The lowest BCUT2D eigenvalue weighted by Crippen LogP contribution is -2.53. The molecule has 1 fully saturated rings. The topological polar surface area (TPSA) is 38.3 Å². The van der Waals surface area contributed by atoms with Crippen molar-refractivity contribution >= 4 is 17.7 Å². The van der Waals surface area contributed by atoms with Gasteiger partial charge in [-0.1, -0.05) is 20.3 Å². The van der Waals surface area contributed by atoms with Crippen LogP contribution in [0.5, 0.6) is 0 Å². The molecule has 0 spiro atoms. The van der Waals surface area contributed by atoms with Crippen LogP contribution in [-0.4, -0.2) is 36.2 Å². The molecular formula is C11H21NO2S. The Morgan fingerprint density at radius 2 is 2.27 bits per heavy atom. The van der Waals surface area contributed by atoms with E-state index in [2.05, 4.69) is 19.2 Å². The molecule has 3 nitrogen and oxygen atoms in total. The summed E-state index contributed by atoms with van der Waals surface area (Å²) in [4.78, 5) is 11.4.